The SMILES string of the molecule is FC(F)(F)c1ncc(C2=CCN(Cc3ccccc3)CC2)cn1. The van der Waals surface area contributed by atoms with Crippen LogP contribution in [0.25, 0.3) is 5.57 Å². The first kappa shape index (κ1) is 15.7. The zero-order chi connectivity index (χ0) is 16.3. The molecule has 1 aliphatic heterocycles. The van der Waals surface area contributed by atoms with Crippen molar-refractivity contribution in [1.29, 1.82) is 0 Å². The number of alkyl halides is 3. The Morgan fingerprint density at radius 2 is 1.74 bits per heavy atom. The molecule has 0 bridgehead atoms. The van der Waals surface area contributed by atoms with Crippen molar-refractivity contribution in [2.24, 2.45) is 0 Å². The summed E-state index contributed by atoms with van der Waals surface area (Å²) in [5.74, 6) is -1.09. The maximum atomic E-state index is 12.5. The Hall–Kier alpha value is -2.21. The number of aromatic nitrogens is 2. The predicted molar refractivity (Wildman–Crippen MR) is 81.3 cm³/mol. The summed E-state index contributed by atoms with van der Waals surface area (Å²) in [6.07, 6.45) is 0.842. The number of halogens is 3. The molecule has 0 unspecified atom stereocenters. The minimum Gasteiger partial charge on any atom is -0.295 e. The second-order valence-corrected chi connectivity index (χ2v) is 5.49. The van der Waals surface area contributed by atoms with E-state index < -0.39 is 12.0 Å². The molecular formula is C17H16F3N3. The van der Waals surface area contributed by atoms with Gasteiger partial charge in [0.15, 0.2) is 0 Å². The highest BCUT2D eigenvalue weighted by Gasteiger charge is 2.34. The van der Waals surface area contributed by atoms with E-state index in [4.69, 9.17) is 0 Å². The summed E-state index contributed by atoms with van der Waals surface area (Å²) in [6, 6.07) is 10.2. The molecule has 0 amide bonds. The van der Waals surface area contributed by atoms with E-state index in [0.29, 0.717) is 5.56 Å². The van der Waals surface area contributed by atoms with Crippen molar-refractivity contribution in [2.45, 2.75) is 19.1 Å². The lowest BCUT2D eigenvalue weighted by Gasteiger charge is -2.26. The summed E-state index contributed by atoms with van der Waals surface area (Å²) in [4.78, 5) is 9.14. The lowest BCUT2D eigenvalue weighted by molar-refractivity contribution is -0.145. The second-order valence-electron chi connectivity index (χ2n) is 5.49. The highest BCUT2D eigenvalue weighted by molar-refractivity contribution is 5.65. The van der Waals surface area contributed by atoms with Gasteiger partial charge in [-0.2, -0.15) is 13.2 Å². The lowest BCUT2D eigenvalue weighted by Crippen LogP contribution is -2.28. The third-order valence-corrected chi connectivity index (χ3v) is 3.82. The van der Waals surface area contributed by atoms with Gasteiger partial charge in [-0.25, -0.2) is 9.97 Å². The van der Waals surface area contributed by atoms with E-state index in [1.165, 1.54) is 18.0 Å². The molecule has 6 heteroatoms. The molecule has 0 spiro atoms. The van der Waals surface area contributed by atoms with Crippen LogP contribution in [-0.2, 0) is 12.7 Å². The average Bonchev–Trinajstić information content (AvgIpc) is 2.56. The van der Waals surface area contributed by atoms with E-state index >= 15 is 0 Å². The predicted octanol–water partition coefficient (Wildman–Crippen LogP) is 3.78. The third-order valence-electron chi connectivity index (χ3n) is 3.82. The first-order chi connectivity index (χ1) is 11.0. The van der Waals surface area contributed by atoms with Crippen molar-refractivity contribution in [3.63, 3.8) is 0 Å². The highest BCUT2D eigenvalue weighted by atomic mass is 19.4. The molecule has 120 valence electrons. The Kier molecular flexibility index (Phi) is 4.43. The fraction of sp³-hybridized carbons (Fsp3) is 0.294. The van der Waals surface area contributed by atoms with Crippen molar-refractivity contribution < 1.29 is 13.2 Å². The van der Waals surface area contributed by atoms with E-state index in [1.807, 2.05) is 24.3 Å². The van der Waals surface area contributed by atoms with Crippen LogP contribution in [0.15, 0.2) is 48.8 Å². The van der Waals surface area contributed by atoms with E-state index in [0.717, 1.165) is 31.6 Å². The maximum absolute atomic E-state index is 12.5. The largest absolute Gasteiger partial charge is 0.451 e. The van der Waals surface area contributed by atoms with Crippen LogP contribution in [0.4, 0.5) is 13.2 Å². The maximum Gasteiger partial charge on any atom is 0.451 e. The van der Waals surface area contributed by atoms with E-state index in [1.54, 1.807) is 0 Å². The zero-order valence-corrected chi connectivity index (χ0v) is 12.4. The van der Waals surface area contributed by atoms with Gasteiger partial charge in [0, 0.05) is 37.6 Å². The molecular weight excluding hydrogens is 303 g/mol. The molecule has 0 N–H and O–H groups in total. The van der Waals surface area contributed by atoms with Gasteiger partial charge in [-0.15, -0.1) is 0 Å². The van der Waals surface area contributed by atoms with Gasteiger partial charge in [-0.3, -0.25) is 4.90 Å². The van der Waals surface area contributed by atoms with Crippen molar-refractivity contribution in [1.82, 2.24) is 14.9 Å². The van der Waals surface area contributed by atoms with Crippen LogP contribution >= 0.6 is 0 Å². The summed E-state index contributed by atoms with van der Waals surface area (Å²) in [7, 11) is 0. The third kappa shape index (κ3) is 3.96. The number of rotatable bonds is 3. The Labute approximate surface area is 132 Å². The molecule has 3 rings (SSSR count). The Morgan fingerprint density at radius 1 is 1.04 bits per heavy atom. The van der Waals surface area contributed by atoms with Crippen LogP contribution in [0, 0.1) is 0 Å². The van der Waals surface area contributed by atoms with Crippen molar-refractivity contribution in [3.05, 3.63) is 65.8 Å². The Bertz CT molecular complexity index is 678. The highest BCUT2D eigenvalue weighted by Crippen LogP contribution is 2.27. The second kappa shape index (κ2) is 6.50. The molecule has 2 heterocycles. The standard InChI is InChI=1S/C17H16F3N3/c18-17(19,20)16-21-10-15(11-22-16)14-6-8-23(9-7-14)12-13-4-2-1-3-5-13/h1-6,10-11H,7-9,12H2. The lowest BCUT2D eigenvalue weighted by atomic mass is 10.0. The molecule has 23 heavy (non-hydrogen) atoms. The smallest absolute Gasteiger partial charge is 0.295 e. The minimum atomic E-state index is -4.49. The average molecular weight is 319 g/mol. The summed E-state index contributed by atoms with van der Waals surface area (Å²) >= 11 is 0. The molecule has 1 aliphatic rings. The molecule has 0 aliphatic carbocycles. The van der Waals surface area contributed by atoms with Gasteiger partial charge < -0.3 is 0 Å². The molecule has 3 nitrogen and oxygen atoms in total. The summed E-state index contributed by atoms with van der Waals surface area (Å²) in [6.45, 7) is 2.50. The topological polar surface area (TPSA) is 29.0 Å². The molecule has 1 aromatic carbocycles. The van der Waals surface area contributed by atoms with Gasteiger partial charge in [0.2, 0.25) is 5.82 Å². The van der Waals surface area contributed by atoms with Crippen LogP contribution in [0.5, 0.6) is 0 Å². The van der Waals surface area contributed by atoms with E-state index in [2.05, 4.69) is 27.0 Å². The fourth-order valence-corrected chi connectivity index (χ4v) is 2.60. The Balaban J connectivity index is 1.65. The van der Waals surface area contributed by atoms with Crippen LogP contribution in [-0.4, -0.2) is 28.0 Å². The van der Waals surface area contributed by atoms with Gasteiger partial charge >= 0.3 is 6.18 Å². The van der Waals surface area contributed by atoms with Crippen molar-refractivity contribution in [3.8, 4) is 0 Å². The van der Waals surface area contributed by atoms with Gasteiger partial charge in [0.25, 0.3) is 0 Å². The molecule has 0 saturated heterocycles. The summed E-state index contributed by atoms with van der Waals surface area (Å²) < 4.78 is 37.4. The van der Waals surface area contributed by atoms with Crippen LogP contribution < -0.4 is 0 Å². The van der Waals surface area contributed by atoms with Gasteiger partial charge in [0.05, 0.1) is 0 Å². The van der Waals surface area contributed by atoms with Gasteiger partial charge in [-0.05, 0) is 17.6 Å². The van der Waals surface area contributed by atoms with Crippen LogP contribution in [0.2, 0.25) is 0 Å². The molecule has 0 fully saturated rings. The van der Waals surface area contributed by atoms with Crippen molar-refractivity contribution >= 4 is 5.57 Å². The monoisotopic (exact) mass is 319 g/mol. The van der Waals surface area contributed by atoms with Crippen LogP contribution in [0.1, 0.15) is 23.4 Å². The summed E-state index contributed by atoms with van der Waals surface area (Å²) in [5, 5.41) is 0. The fourth-order valence-electron chi connectivity index (χ4n) is 2.60. The number of nitrogens with zero attached hydrogens (tertiary/aromatic N) is 3. The summed E-state index contributed by atoms with van der Waals surface area (Å²) in [5.41, 5.74) is 2.92. The number of benzene rings is 1. The van der Waals surface area contributed by atoms with Crippen LogP contribution in [0.3, 0.4) is 0 Å². The number of hydrogen-bond acceptors (Lipinski definition) is 3. The zero-order valence-electron chi connectivity index (χ0n) is 12.4. The first-order valence-corrected chi connectivity index (χ1v) is 7.37. The molecule has 0 saturated carbocycles. The quantitative estimate of drug-likeness (QED) is 0.862. The van der Waals surface area contributed by atoms with Gasteiger partial charge in [0.1, 0.15) is 0 Å². The molecule has 0 atom stereocenters. The van der Waals surface area contributed by atoms with Crippen molar-refractivity contribution in [2.75, 3.05) is 13.1 Å². The normalized spacial score (nSPS) is 16.2. The first-order valence-electron chi connectivity index (χ1n) is 7.37. The molecule has 2 aromatic rings. The van der Waals surface area contributed by atoms with E-state index in [-0.39, 0.29) is 0 Å². The Morgan fingerprint density at radius 3 is 2.30 bits per heavy atom. The molecule has 1 aromatic heterocycles. The van der Waals surface area contributed by atoms with E-state index in [9.17, 15) is 13.2 Å². The number of hydrogen-bond donors (Lipinski definition) is 0. The minimum absolute atomic E-state index is 0.664. The molecule has 0 radical (unpaired) electrons. The van der Waals surface area contributed by atoms with Gasteiger partial charge in [-0.1, -0.05) is 36.4 Å².